The lowest BCUT2D eigenvalue weighted by molar-refractivity contribution is 0.0464. The van der Waals surface area contributed by atoms with Crippen molar-refractivity contribution in [2.75, 3.05) is 13.7 Å². The topological polar surface area (TPSA) is 67.4 Å². The Morgan fingerprint density at radius 3 is 2.47 bits per heavy atom. The van der Waals surface area contributed by atoms with Gasteiger partial charge in [-0.2, -0.15) is 0 Å². The highest BCUT2D eigenvalue weighted by atomic mass is 35.5. The van der Waals surface area contributed by atoms with E-state index < -0.39 is 6.10 Å². The Balaban J connectivity index is 1.94. The Hall–Kier alpha value is -3.29. The molecule has 0 saturated heterocycles. The third kappa shape index (κ3) is 2.92. The van der Waals surface area contributed by atoms with Crippen molar-refractivity contribution in [2.24, 2.45) is 14.1 Å². The fourth-order valence-corrected chi connectivity index (χ4v) is 4.73. The molecule has 1 atom stereocenters. The zero-order valence-electron chi connectivity index (χ0n) is 18.0. The molecular formula is C24H22ClN3O4. The molecule has 1 aliphatic heterocycles. The van der Waals surface area contributed by atoms with E-state index >= 15 is 0 Å². The number of aryl methyl sites for hydroxylation is 1. The number of rotatable bonds is 3. The van der Waals surface area contributed by atoms with E-state index in [0.29, 0.717) is 34.8 Å². The van der Waals surface area contributed by atoms with Gasteiger partial charge in [-0.15, -0.1) is 0 Å². The van der Waals surface area contributed by atoms with E-state index in [0.717, 1.165) is 27.1 Å². The third-order valence-electron chi connectivity index (χ3n) is 6.09. The number of ether oxygens (including phenoxy) is 2. The molecule has 32 heavy (non-hydrogen) atoms. The Morgan fingerprint density at radius 1 is 1.03 bits per heavy atom. The zero-order chi connectivity index (χ0) is 22.6. The minimum Gasteiger partial charge on any atom is -0.496 e. The van der Waals surface area contributed by atoms with Gasteiger partial charge in [0, 0.05) is 31.2 Å². The van der Waals surface area contributed by atoms with Gasteiger partial charge in [-0.25, -0.2) is 4.79 Å². The number of aromatic nitrogens is 3. The smallest absolute Gasteiger partial charge is 0.331 e. The number of hydrogen-bond donors (Lipinski definition) is 0. The van der Waals surface area contributed by atoms with Crippen molar-refractivity contribution < 1.29 is 9.47 Å². The lowest BCUT2D eigenvalue weighted by atomic mass is 10.0. The molecule has 0 radical (unpaired) electrons. The number of halogens is 1. The first kappa shape index (κ1) is 20.6. The summed E-state index contributed by atoms with van der Waals surface area (Å²) in [5.41, 5.74) is 3.05. The molecule has 3 heterocycles. The molecule has 0 spiro atoms. The molecule has 2 aromatic heterocycles. The fraction of sp³-hybridized carbons (Fsp3) is 0.250. The van der Waals surface area contributed by atoms with Crippen molar-refractivity contribution in [1.29, 1.82) is 0 Å². The molecule has 0 fully saturated rings. The monoisotopic (exact) mass is 451 g/mol. The summed E-state index contributed by atoms with van der Waals surface area (Å²) >= 11 is 6.12. The van der Waals surface area contributed by atoms with Crippen LogP contribution in [0.25, 0.3) is 22.2 Å². The maximum absolute atomic E-state index is 13.4. The van der Waals surface area contributed by atoms with Gasteiger partial charge in [0.2, 0.25) is 0 Å². The Bertz CT molecular complexity index is 1460. The Kier molecular flexibility index (Phi) is 4.95. The predicted molar refractivity (Wildman–Crippen MR) is 124 cm³/mol. The van der Waals surface area contributed by atoms with Crippen LogP contribution < -0.4 is 16.0 Å². The van der Waals surface area contributed by atoms with Crippen molar-refractivity contribution in [3.8, 4) is 17.0 Å². The van der Waals surface area contributed by atoms with Crippen molar-refractivity contribution in [1.82, 2.24) is 13.7 Å². The summed E-state index contributed by atoms with van der Waals surface area (Å²) in [5.74, 6) is 0.683. The standard InChI is InChI=1S/C24H22ClN3O4/c1-26-20-18(23(29)27(2)24(26)30)19(14-8-10-15(25)11-9-14)28-12-13-32-22(21(20)28)16-6-4-5-7-17(16)31-3/h4-11,22H,12-13H2,1-3H3. The van der Waals surface area contributed by atoms with Crippen molar-refractivity contribution in [2.45, 2.75) is 12.6 Å². The highest BCUT2D eigenvalue weighted by molar-refractivity contribution is 6.30. The quantitative estimate of drug-likeness (QED) is 0.478. The van der Waals surface area contributed by atoms with E-state index in [-0.39, 0.29) is 11.2 Å². The van der Waals surface area contributed by atoms with E-state index in [1.807, 2.05) is 36.4 Å². The molecule has 1 unspecified atom stereocenters. The van der Waals surface area contributed by atoms with Crippen LogP contribution in [0.2, 0.25) is 5.02 Å². The molecule has 2 aromatic carbocycles. The average molecular weight is 452 g/mol. The third-order valence-corrected chi connectivity index (χ3v) is 6.34. The second-order valence-corrected chi connectivity index (χ2v) is 8.25. The van der Waals surface area contributed by atoms with Gasteiger partial charge >= 0.3 is 5.69 Å². The van der Waals surface area contributed by atoms with Gasteiger partial charge in [0.15, 0.2) is 0 Å². The zero-order valence-corrected chi connectivity index (χ0v) is 18.7. The van der Waals surface area contributed by atoms with E-state index in [2.05, 4.69) is 4.57 Å². The maximum atomic E-state index is 13.4. The van der Waals surface area contributed by atoms with Crippen LogP contribution in [-0.4, -0.2) is 27.4 Å². The fourth-order valence-electron chi connectivity index (χ4n) is 4.61. The second kappa shape index (κ2) is 7.69. The summed E-state index contributed by atoms with van der Waals surface area (Å²) in [6, 6.07) is 15.0. The highest BCUT2D eigenvalue weighted by Gasteiger charge is 2.34. The Labute approximate surface area is 189 Å². The van der Waals surface area contributed by atoms with Crippen molar-refractivity contribution in [3.05, 3.63) is 85.6 Å². The summed E-state index contributed by atoms with van der Waals surface area (Å²) in [4.78, 5) is 26.3. The number of para-hydroxylation sites is 1. The molecule has 0 bridgehead atoms. The van der Waals surface area contributed by atoms with Gasteiger partial charge in [0.25, 0.3) is 5.56 Å². The molecule has 1 aliphatic rings. The van der Waals surface area contributed by atoms with Crippen LogP contribution in [0.4, 0.5) is 0 Å². The number of hydrogen-bond acceptors (Lipinski definition) is 4. The minimum absolute atomic E-state index is 0.339. The molecule has 7 nitrogen and oxygen atoms in total. The number of methoxy groups -OCH3 is 1. The summed E-state index contributed by atoms with van der Waals surface area (Å²) in [7, 11) is 4.80. The molecular weight excluding hydrogens is 430 g/mol. The first-order valence-corrected chi connectivity index (χ1v) is 10.6. The first-order valence-electron chi connectivity index (χ1n) is 10.3. The van der Waals surface area contributed by atoms with Gasteiger partial charge in [-0.1, -0.05) is 41.9 Å². The van der Waals surface area contributed by atoms with E-state index in [1.54, 1.807) is 26.3 Å². The maximum Gasteiger partial charge on any atom is 0.331 e. The molecule has 8 heteroatoms. The SMILES string of the molecule is COc1ccccc1C1OCCn2c(-c3ccc(Cl)cc3)c3c(=O)n(C)c(=O)n(C)c3c21. The summed E-state index contributed by atoms with van der Waals surface area (Å²) in [5, 5.41) is 1.09. The van der Waals surface area contributed by atoms with E-state index in [1.165, 1.54) is 11.6 Å². The summed E-state index contributed by atoms with van der Waals surface area (Å²) in [6.07, 6.45) is -0.499. The molecule has 0 saturated carbocycles. The van der Waals surface area contributed by atoms with Crippen LogP contribution in [-0.2, 0) is 25.4 Å². The van der Waals surface area contributed by atoms with Gasteiger partial charge in [0.05, 0.1) is 36.0 Å². The number of fused-ring (bicyclic) bond motifs is 3. The number of nitrogens with zero attached hydrogens (tertiary/aromatic N) is 3. The first-order chi connectivity index (χ1) is 15.4. The van der Waals surface area contributed by atoms with Crippen molar-refractivity contribution in [3.63, 3.8) is 0 Å². The van der Waals surface area contributed by atoms with Crippen LogP contribution in [0, 0.1) is 0 Å². The minimum atomic E-state index is -0.499. The molecule has 0 amide bonds. The van der Waals surface area contributed by atoms with Crippen LogP contribution in [0.15, 0.2) is 58.1 Å². The predicted octanol–water partition coefficient (Wildman–Crippen LogP) is 3.49. The number of benzene rings is 2. The average Bonchev–Trinajstić information content (AvgIpc) is 3.17. The molecule has 0 aliphatic carbocycles. The van der Waals surface area contributed by atoms with Crippen LogP contribution in [0.3, 0.4) is 0 Å². The largest absolute Gasteiger partial charge is 0.496 e. The van der Waals surface area contributed by atoms with Gasteiger partial charge in [-0.05, 0) is 23.8 Å². The Morgan fingerprint density at radius 2 is 1.75 bits per heavy atom. The summed E-state index contributed by atoms with van der Waals surface area (Å²) in [6.45, 7) is 0.997. The van der Waals surface area contributed by atoms with Gasteiger partial charge in [-0.3, -0.25) is 13.9 Å². The van der Waals surface area contributed by atoms with Crippen LogP contribution >= 0.6 is 11.6 Å². The summed E-state index contributed by atoms with van der Waals surface area (Å²) < 4.78 is 16.6. The molecule has 0 N–H and O–H groups in total. The molecule has 5 rings (SSSR count). The lowest BCUT2D eigenvalue weighted by Gasteiger charge is -2.28. The molecule has 4 aromatic rings. The lowest BCUT2D eigenvalue weighted by Crippen LogP contribution is -2.37. The van der Waals surface area contributed by atoms with Crippen molar-refractivity contribution >= 4 is 22.5 Å². The normalized spacial score (nSPS) is 15.7. The van der Waals surface area contributed by atoms with Gasteiger partial charge < -0.3 is 14.0 Å². The second-order valence-electron chi connectivity index (χ2n) is 7.81. The highest BCUT2D eigenvalue weighted by Crippen LogP contribution is 2.42. The van der Waals surface area contributed by atoms with Gasteiger partial charge in [0.1, 0.15) is 11.9 Å². The van der Waals surface area contributed by atoms with E-state index in [4.69, 9.17) is 21.1 Å². The van der Waals surface area contributed by atoms with Crippen LogP contribution in [0.5, 0.6) is 5.75 Å². The van der Waals surface area contributed by atoms with E-state index in [9.17, 15) is 9.59 Å². The van der Waals surface area contributed by atoms with Crippen LogP contribution in [0.1, 0.15) is 17.4 Å². The molecule has 164 valence electrons.